The molecule has 0 saturated carbocycles. The van der Waals surface area contributed by atoms with Gasteiger partial charge in [0.2, 0.25) is 0 Å². The molecule has 0 unspecified atom stereocenters. The Kier molecular flexibility index (Phi) is 8.51. The monoisotopic (exact) mass is 137 g/mol. The number of aliphatic carboxylic acids is 1. The van der Waals surface area contributed by atoms with E-state index < -0.39 is 5.97 Å². The molecule has 53 valence electrons. The molecule has 0 aromatic carbocycles. The van der Waals surface area contributed by atoms with E-state index in [0.717, 1.165) is 0 Å². The minimum absolute atomic E-state index is 0. The zero-order valence-corrected chi connectivity index (χ0v) is 5.09. The van der Waals surface area contributed by atoms with Crippen molar-refractivity contribution >= 4 is 30.6 Å². The van der Waals surface area contributed by atoms with Gasteiger partial charge in [0.15, 0.2) is 0 Å². The van der Waals surface area contributed by atoms with E-state index in [9.17, 15) is 9.59 Å². The van der Waals surface area contributed by atoms with E-state index in [-0.39, 0.29) is 43.9 Å². The van der Waals surface area contributed by atoms with E-state index >= 15 is 0 Å². The molecule has 10 heavy (non-hydrogen) atoms. The van der Waals surface area contributed by atoms with E-state index in [0.29, 0.717) is 0 Å². The fraction of sp³-hybridized carbons (Fsp3) is 0.500. The third kappa shape index (κ3) is 7.74. The number of carbonyl (C=O) groups is 2. The van der Waals surface area contributed by atoms with Crippen molar-refractivity contribution < 1.29 is 14.7 Å². The van der Waals surface area contributed by atoms with Crippen molar-refractivity contribution in [1.29, 1.82) is 0 Å². The molecule has 0 saturated heterocycles. The predicted molar refractivity (Wildman–Crippen MR) is 39.0 cm³/mol. The van der Waals surface area contributed by atoms with Gasteiger partial charge in [-0.25, -0.2) is 0 Å². The van der Waals surface area contributed by atoms with Crippen LogP contribution in [0.5, 0.6) is 0 Å². The average molecular weight is 137 g/mol. The summed E-state index contributed by atoms with van der Waals surface area (Å²) in [5.74, 6) is -1.03. The van der Waals surface area contributed by atoms with Crippen LogP contribution in [0.2, 0.25) is 0 Å². The molecule has 4 heteroatoms. The summed E-state index contributed by atoms with van der Waals surface area (Å²) in [6.07, 6.45) is 0.223. The molecule has 1 N–H and O–H groups in total. The summed E-state index contributed by atoms with van der Waals surface area (Å²) in [4.78, 5) is 20.2. The van der Waals surface area contributed by atoms with Gasteiger partial charge in [0, 0.05) is 12.8 Å². The van der Waals surface area contributed by atoms with Crippen molar-refractivity contribution in [2.75, 3.05) is 0 Å². The first-order valence-corrected chi connectivity index (χ1v) is 2.69. The second-order valence-electron chi connectivity index (χ2n) is 1.68. The number of hydrogen-bond acceptors (Lipinski definition) is 2. The summed E-state index contributed by atoms with van der Waals surface area (Å²) < 4.78 is 0. The van der Waals surface area contributed by atoms with Gasteiger partial charge in [0.05, 0.1) is 6.42 Å². The molecule has 3 nitrogen and oxygen atoms in total. The summed E-state index contributed by atoms with van der Waals surface area (Å²) in [6, 6.07) is 0. The van der Waals surface area contributed by atoms with Gasteiger partial charge < -0.3 is 5.11 Å². The molecule has 0 aliphatic carbocycles. The van der Waals surface area contributed by atoms with Crippen LogP contribution in [-0.2, 0) is 9.59 Å². The fourth-order valence-corrected chi connectivity index (χ4v) is 0.371. The van der Waals surface area contributed by atoms with E-state index in [1.807, 2.05) is 0 Å². The Morgan fingerprint density at radius 2 is 1.80 bits per heavy atom. The number of ketones is 1. The molecule has 0 amide bonds. The van der Waals surface area contributed by atoms with E-state index in [4.69, 9.17) is 5.11 Å². The molecule has 0 aromatic heterocycles. The van der Waals surface area contributed by atoms with Crippen LogP contribution in [0.4, 0.5) is 0 Å². The zero-order chi connectivity index (χ0) is 7.28. The molecular weight excluding hydrogens is 127 g/mol. The molecule has 0 aliphatic heterocycles. The zero-order valence-electron chi connectivity index (χ0n) is 5.09. The van der Waals surface area contributed by atoms with Gasteiger partial charge in [-0.1, -0.05) is 0 Å². The van der Waals surface area contributed by atoms with Gasteiger partial charge in [-0.05, 0) is 6.92 Å². The van der Waals surface area contributed by atoms with Crippen molar-refractivity contribution in [3.05, 3.63) is 6.92 Å². The summed E-state index contributed by atoms with van der Waals surface area (Å²) in [5.41, 5.74) is 0. The Balaban J connectivity index is 0. The SMILES string of the molecule is [CH2]CC(=O)CCC(=O)O.[LiH]. The first kappa shape index (κ1) is 12.4. The van der Waals surface area contributed by atoms with E-state index in [2.05, 4.69) is 6.92 Å². The molecule has 0 rings (SSSR count). The second kappa shape index (κ2) is 6.85. The van der Waals surface area contributed by atoms with E-state index in [1.54, 1.807) is 0 Å². The van der Waals surface area contributed by atoms with Crippen molar-refractivity contribution in [2.24, 2.45) is 0 Å². The van der Waals surface area contributed by atoms with Gasteiger partial charge in [0.25, 0.3) is 0 Å². The van der Waals surface area contributed by atoms with Crippen LogP contribution in [0.3, 0.4) is 0 Å². The number of carboxylic acid groups (broad SMARTS) is 1. The summed E-state index contributed by atoms with van der Waals surface area (Å²) >= 11 is 0. The number of carbonyl (C=O) groups excluding carboxylic acids is 1. The molecular formula is C6H10LiO3. The molecule has 0 heterocycles. The predicted octanol–water partition coefficient (Wildman–Crippen LogP) is -0.00401. The first-order chi connectivity index (χ1) is 4.16. The summed E-state index contributed by atoms with van der Waals surface area (Å²) in [5, 5.41) is 8.09. The quantitative estimate of drug-likeness (QED) is 0.554. The number of hydrogen-bond donors (Lipinski definition) is 1. The Morgan fingerprint density at radius 3 is 2.10 bits per heavy atom. The van der Waals surface area contributed by atoms with Crippen LogP contribution in [0.1, 0.15) is 19.3 Å². The Hall–Kier alpha value is -0.263. The van der Waals surface area contributed by atoms with Gasteiger partial charge >= 0.3 is 24.8 Å². The van der Waals surface area contributed by atoms with Crippen LogP contribution >= 0.6 is 0 Å². The van der Waals surface area contributed by atoms with Crippen molar-refractivity contribution in [3.63, 3.8) is 0 Å². The summed E-state index contributed by atoms with van der Waals surface area (Å²) in [7, 11) is 0. The minimum atomic E-state index is -0.934. The van der Waals surface area contributed by atoms with Crippen LogP contribution in [0.15, 0.2) is 0 Å². The van der Waals surface area contributed by atoms with Crippen LogP contribution < -0.4 is 0 Å². The Labute approximate surface area is 72.0 Å². The maximum atomic E-state index is 10.4. The number of carboxylic acids is 1. The van der Waals surface area contributed by atoms with Crippen molar-refractivity contribution in [2.45, 2.75) is 19.3 Å². The standard InChI is InChI=1S/C6H9O3.Li.H/c1-2-5(7)3-4-6(8)9;;/h1-4H2,(H,8,9);;. The molecule has 0 atom stereocenters. The van der Waals surface area contributed by atoms with Gasteiger partial charge in [-0.3, -0.25) is 9.59 Å². The molecule has 0 fully saturated rings. The van der Waals surface area contributed by atoms with Crippen molar-refractivity contribution in [1.82, 2.24) is 0 Å². The van der Waals surface area contributed by atoms with Crippen molar-refractivity contribution in [3.8, 4) is 0 Å². The van der Waals surface area contributed by atoms with Gasteiger partial charge in [0.1, 0.15) is 5.78 Å². The average Bonchev–Trinajstić information content (AvgIpc) is 1.83. The summed E-state index contributed by atoms with van der Waals surface area (Å²) in [6.45, 7) is 3.32. The van der Waals surface area contributed by atoms with Crippen LogP contribution in [-0.4, -0.2) is 35.7 Å². The topological polar surface area (TPSA) is 54.4 Å². The fourth-order valence-electron chi connectivity index (χ4n) is 0.371. The molecule has 1 radical (unpaired) electrons. The normalized spacial score (nSPS) is 8.10. The third-order valence-electron chi connectivity index (χ3n) is 0.897. The number of Topliss-reactive ketones (excluding diaryl/α,β-unsaturated/α-hetero) is 1. The third-order valence-corrected chi connectivity index (χ3v) is 0.897. The second-order valence-corrected chi connectivity index (χ2v) is 1.68. The molecule has 0 aromatic rings. The van der Waals surface area contributed by atoms with Crippen LogP contribution in [0.25, 0.3) is 0 Å². The van der Waals surface area contributed by atoms with Gasteiger partial charge in [-0.15, -0.1) is 0 Å². The molecule has 0 bridgehead atoms. The molecule has 0 spiro atoms. The molecule has 0 aliphatic rings. The van der Waals surface area contributed by atoms with Crippen LogP contribution in [0, 0.1) is 6.92 Å². The van der Waals surface area contributed by atoms with Gasteiger partial charge in [-0.2, -0.15) is 0 Å². The number of rotatable bonds is 4. The maximum absolute atomic E-state index is 10.4. The Morgan fingerprint density at radius 1 is 1.30 bits per heavy atom. The first-order valence-electron chi connectivity index (χ1n) is 2.69. The van der Waals surface area contributed by atoms with E-state index in [1.165, 1.54) is 0 Å². The Bertz CT molecular complexity index is 122.